The van der Waals surface area contributed by atoms with E-state index in [1.165, 1.54) is 0 Å². The third kappa shape index (κ3) is 4.11. The van der Waals surface area contributed by atoms with Gasteiger partial charge in [0.1, 0.15) is 0 Å². The van der Waals surface area contributed by atoms with Crippen molar-refractivity contribution in [2.45, 2.75) is 0 Å². The van der Waals surface area contributed by atoms with Crippen molar-refractivity contribution in [2.75, 3.05) is 13.6 Å². The molecule has 0 bridgehead atoms. The first-order valence-electron chi connectivity index (χ1n) is 2.27. The summed E-state index contributed by atoms with van der Waals surface area (Å²) in [5.74, 6) is 0. The fourth-order valence-electron chi connectivity index (χ4n) is 0.247. The number of nitrogens with zero attached hydrogens (tertiary/aromatic N) is 1. The van der Waals surface area contributed by atoms with Crippen LogP contribution in [0.2, 0.25) is 0 Å². The van der Waals surface area contributed by atoms with Gasteiger partial charge in [0.15, 0.2) is 0 Å². The van der Waals surface area contributed by atoms with Gasteiger partial charge in [-0.2, -0.15) is 0 Å². The smallest absolute Gasteiger partial charge is 0.0707 e. The Hall–Kier alpha value is -0.0600. The van der Waals surface area contributed by atoms with Gasteiger partial charge in [0.25, 0.3) is 0 Å². The van der Waals surface area contributed by atoms with Crippen molar-refractivity contribution in [1.29, 1.82) is 0 Å². The van der Waals surface area contributed by atoms with Crippen molar-refractivity contribution in [2.24, 2.45) is 4.99 Å². The Morgan fingerprint density at radius 2 is 2.62 bits per heavy atom. The van der Waals surface area contributed by atoms with Gasteiger partial charge >= 0.3 is 0 Å². The minimum absolute atomic E-state index is 0.694. The molecule has 0 spiro atoms. The summed E-state index contributed by atoms with van der Waals surface area (Å²) in [6.07, 6.45) is 1.97. The zero-order valence-electron chi connectivity index (χ0n) is 4.82. The number of rotatable bonds is 3. The molecule has 8 heavy (non-hydrogen) atoms. The largest absolute Gasteiger partial charge is 0.383 e. The van der Waals surface area contributed by atoms with Crippen LogP contribution in [0, 0.1) is 0 Å². The van der Waals surface area contributed by atoms with Crippen molar-refractivity contribution in [3.05, 3.63) is 9.78 Å². The average Bonchev–Trinajstić information content (AvgIpc) is 1.83. The second-order valence-electron chi connectivity index (χ2n) is 1.21. The van der Waals surface area contributed by atoms with Crippen LogP contribution in [0.3, 0.4) is 0 Å². The topological polar surface area (TPSA) is 24.4 Å². The lowest BCUT2D eigenvalue weighted by Crippen LogP contribution is -1.98. The van der Waals surface area contributed by atoms with Crippen molar-refractivity contribution >= 4 is 29.3 Å². The van der Waals surface area contributed by atoms with Crippen molar-refractivity contribution in [3.63, 3.8) is 0 Å². The van der Waals surface area contributed by atoms with Crippen LogP contribution in [-0.2, 0) is 0 Å². The highest BCUT2D eigenvalue weighted by atomic mass is 127. The highest BCUT2D eigenvalue weighted by molar-refractivity contribution is 14.1. The molecule has 0 atom stereocenters. The lowest BCUT2D eigenvalue weighted by Gasteiger charge is -1.91. The molecule has 0 rings (SSSR count). The molecule has 1 N–H and O–H groups in total. The molecule has 46 valence electrons. The Kier molecular flexibility index (Phi) is 5.05. The SMILES string of the molecule is C=NC/C=C(/I)NC. The molecule has 0 aromatic rings. The van der Waals surface area contributed by atoms with Gasteiger partial charge in [-0.3, -0.25) is 4.99 Å². The Bertz CT molecular complexity index is 98.6. The molecular weight excluding hydrogens is 215 g/mol. The van der Waals surface area contributed by atoms with Gasteiger partial charge in [-0.1, -0.05) is 0 Å². The Morgan fingerprint density at radius 3 is 3.00 bits per heavy atom. The first-order chi connectivity index (χ1) is 3.81. The monoisotopic (exact) mass is 224 g/mol. The molecule has 0 saturated heterocycles. The third-order valence-corrected chi connectivity index (χ3v) is 1.62. The van der Waals surface area contributed by atoms with E-state index in [4.69, 9.17) is 0 Å². The summed E-state index contributed by atoms with van der Waals surface area (Å²) in [5.41, 5.74) is 0. The van der Waals surface area contributed by atoms with Crippen LogP contribution >= 0.6 is 22.6 Å². The second-order valence-corrected chi connectivity index (χ2v) is 2.37. The van der Waals surface area contributed by atoms with E-state index in [2.05, 4.69) is 39.6 Å². The summed E-state index contributed by atoms with van der Waals surface area (Å²) >= 11 is 2.19. The molecular formula is C5H9IN2. The van der Waals surface area contributed by atoms with Crippen molar-refractivity contribution in [1.82, 2.24) is 5.32 Å². The first-order valence-corrected chi connectivity index (χ1v) is 3.35. The molecule has 0 aromatic carbocycles. The molecule has 0 aliphatic carbocycles. The molecule has 2 nitrogen and oxygen atoms in total. The zero-order chi connectivity index (χ0) is 6.41. The highest BCUT2D eigenvalue weighted by Gasteiger charge is 1.78. The molecule has 0 aliphatic heterocycles. The summed E-state index contributed by atoms with van der Waals surface area (Å²) in [7, 11) is 1.88. The quantitative estimate of drug-likeness (QED) is 0.434. The van der Waals surface area contributed by atoms with Crippen LogP contribution in [0.25, 0.3) is 0 Å². The molecule has 0 aromatic heterocycles. The second kappa shape index (κ2) is 5.08. The van der Waals surface area contributed by atoms with Gasteiger partial charge < -0.3 is 5.32 Å². The summed E-state index contributed by atoms with van der Waals surface area (Å²) < 4.78 is 1.11. The van der Waals surface area contributed by atoms with Crippen molar-refractivity contribution in [3.8, 4) is 0 Å². The molecule has 0 amide bonds. The van der Waals surface area contributed by atoms with E-state index < -0.39 is 0 Å². The van der Waals surface area contributed by atoms with E-state index >= 15 is 0 Å². The van der Waals surface area contributed by atoms with E-state index in [0.29, 0.717) is 6.54 Å². The van der Waals surface area contributed by atoms with E-state index in [1.807, 2.05) is 13.1 Å². The normalized spacial score (nSPS) is 11.0. The predicted octanol–water partition coefficient (Wildman–Crippen LogP) is 1.18. The summed E-state index contributed by atoms with van der Waals surface area (Å²) in [6, 6.07) is 0. The lowest BCUT2D eigenvalue weighted by molar-refractivity contribution is 1.07. The number of halogens is 1. The van der Waals surface area contributed by atoms with Crippen LogP contribution < -0.4 is 5.32 Å². The number of hydrogen-bond acceptors (Lipinski definition) is 2. The Labute approximate surface area is 63.2 Å². The summed E-state index contributed by atoms with van der Waals surface area (Å²) in [6.45, 7) is 4.03. The zero-order valence-corrected chi connectivity index (χ0v) is 6.97. The summed E-state index contributed by atoms with van der Waals surface area (Å²) in [4.78, 5) is 3.65. The molecule has 0 fully saturated rings. The molecule has 0 unspecified atom stereocenters. The van der Waals surface area contributed by atoms with Crippen LogP contribution in [0.4, 0.5) is 0 Å². The molecule has 3 heteroatoms. The van der Waals surface area contributed by atoms with Gasteiger partial charge in [0, 0.05) is 7.05 Å². The van der Waals surface area contributed by atoms with Crippen molar-refractivity contribution < 1.29 is 0 Å². The van der Waals surface area contributed by atoms with Gasteiger partial charge in [-0.05, 0) is 35.4 Å². The van der Waals surface area contributed by atoms with E-state index in [0.717, 1.165) is 3.70 Å². The fraction of sp³-hybridized carbons (Fsp3) is 0.400. The van der Waals surface area contributed by atoms with E-state index in [-0.39, 0.29) is 0 Å². The average molecular weight is 224 g/mol. The van der Waals surface area contributed by atoms with Gasteiger partial charge in [-0.15, -0.1) is 0 Å². The van der Waals surface area contributed by atoms with Gasteiger partial charge in [0.05, 0.1) is 10.2 Å². The Morgan fingerprint density at radius 1 is 2.00 bits per heavy atom. The van der Waals surface area contributed by atoms with Crippen LogP contribution in [0.1, 0.15) is 0 Å². The van der Waals surface area contributed by atoms with Crippen LogP contribution in [-0.4, -0.2) is 20.3 Å². The van der Waals surface area contributed by atoms with Gasteiger partial charge in [0.2, 0.25) is 0 Å². The lowest BCUT2D eigenvalue weighted by atomic mass is 10.6. The minimum Gasteiger partial charge on any atom is -0.383 e. The number of aliphatic imine (C=N–C) groups is 1. The molecule has 0 saturated carbocycles. The summed E-state index contributed by atoms with van der Waals surface area (Å²) in [5, 5.41) is 2.96. The molecule has 0 aliphatic rings. The van der Waals surface area contributed by atoms with Crippen LogP contribution in [0.5, 0.6) is 0 Å². The maximum Gasteiger partial charge on any atom is 0.0707 e. The molecule has 0 radical (unpaired) electrons. The standard InChI is InChI=1S/C5H9IN2/c1-7-4-3-5(6)8-2/h3,8H,1,4H2,2H3/b5-3-. The van der Waals surface area contributed by atoms with E-state index in [1.54, 1.807) is 0 Å². The van der Waals surface area contributed by atoms with Crippen LogP contribution in [0.15, 0.2) is 14.8 Å². The van der Waals surface area contributed by atoms with Gasteiger partial charge in [-0.25, -0.2) is 0 Å². The highest BCUT2D eigenvalue weighted by Crippen LogP contribution is 1.97. The maximum atomic E-state index is 3.65. The van der Waals surface area contributed by atoms with E-state index in [9.17, 15) is 0 Å². The predicted molar refractivity (Wildman–Crippen MR) is 45.6 cm³/mol. The number of hydrogen-bond donors (Lipinski definition) is 1. The minimum atomic E-state index is 0.694. The fourth-order valence-corrected chi connectivity index (χ4v) is 0.444. The Balaban J connectivity index is 3.40. The third-order valence-electron chi connectivity index (χ3n) is 0.638. The molecule has 0 heterocycles. The maximum absolute atomic E-state index is 3.65. The number of nitrogens with one attached hydrogen (secondary N) is 1. The first kappa shape index (κ1) is 7.94.